The first-order chi connectivity index (χ1) is 11.7. The number of nitrogens with one attached hydrogen (secondary N) is 2. The van der Waals surface area contributed by atoms with E-state index in [0.717, 1.165) is 39.0 Å². The lowest BCUT2D eigenvalue weighted by Gasteiger charge is -2.43. The minimum Gasteiger partial charge on any atom is -0.381 e. The van der Waals surface area contributed by atoms with Gasteiger partial charge in [0.2, 0.25) is 0 Å². The van der Waals surface area contributed by atoms with Crippen molar-refractivity contribution in [2.75, 3.05) is 26.3 Å². The van der Waals surface area contributed by atoms with E-state index in [9.17, 15) is 4.79 Å². The van der Waals surface area contributed by atoms with Crippen LogP contribution in [0.4, 0.5) is 4.79 Å². The van der Waals surface area contributed by atoms with Gasteiger partial charge in [0.05, 0.1) is 6.61 Å². The Hall–Kier alpha value is -2.01. The highest BCUT2D eigenvalue weighted by Crippen LogP contribution is 2.30. The molecule has 128 valence electrons. The molecule has 2 fully saturated rings. The SMILES string of the molecule is Cc1cccc2[nH]cc(CCNC(=O)N3CCC3C3CCOC3)c12. The Kier molecular flexibility index (Phi) is 4.19. The number of carbonyl (C=O) groups is 1. The molecule has 2 saturated heterocycles. The van der Waals surface area contributed by atoms with Crippen LogP contribution in [-0.4, -0.2) is 48.3 Å². The van der Waals surface area contributed by atoms with Gasteiger partial charge in [0.25, 0.3) is 0 Å². The third kappa shape index (κ3) is 2.77. The second-order valence-electron chi connectivity index (χ2n) is 6.97. The first-order valence-corrected chi connectivity index (χ1v) is 8.92. The van der Waals surface area contributed by atoms with Crippen LogP contribution < -0.4 is 5.32 Å². The minimum atomic E-state index is 0.0784. The summed E-state index contributed by atoms with van der Waals surface area (Å²) in [4.78, 5) is 17.7. The number of amides is 2. The van der Waals surface area contributed by atoms with Crippen LogP contribution >= 0.6 is 0 Å². The normalized spacial score (nSPS) is 23.5. The fraction of sp³-hybridized carbons (Fsp3) is 0.526. The molecule has 5 heteroatoms. The number of ether oxygens (including phenoxy) is 1. The van der Waals surface area contributed by atoms with Gasteiger partial charge in [-0.3, -0.25) is 0 Å². The molecule has 2 aromatic rings. The number of nitrogens with zero attached hydrogens (tertiary/aromatic N) is 1. The molecule has 2 amide bonds. The lowest BCUT2D eigenvalue weighted by atomic mass is 9.89. The number of hydrogen-bond acceptors (Lipinski definition) is 2. The molecule has 0 radical (unpaired) electrons. The molecule has 1 aromatic carbocycles. The third-order valence-corrected chi connectivity index (χ3v) is 5.50. The van der Waals surface area contributed by atoms with E-state index in [4.69, 9.17) is 4.74 Å². The molecule has 0 bridgehead atoms. The summed E-state index contributed by atoms with van der Waals surface area (Å²) in [5, 5.41) is 4.38. The number of hydrogen-bond donors (Lipinski definition) is 2. The van der Waals surface area contributed by atoms with Crippen LogP contribution in [0.5, 0.6) is 0 Å². The zero-order valence-corrected chi connectivity index (χ0v) is 14.2. The molecule has 24 heavy (non-hydrogen) atoms. The van der Waals surface area contributed by atoms with Gasteiger partial charge in [0, 0.05) is 48.8 Å². The van der Waals surface area contributed by atoms with Crippen molar-refractivity contribution in [3.05, 3.63) is 35.5 Å². The summed E-state index contributed by atoms with van der Waals surface area (Å²) in [5.41, 5.74) is 3.72. The molecular weight excluding hydrogens is 302 g/mol. The number of H-pyrrole nitrogens is 1. The molecule has 1 aromatic heterocycles. The van der Waals surface area contributed by atoms with Gasteiger partial charge in [-0.1, -0.05) is 12.1 Å². The van der Waals surface area contributed by atoms with Crippen LogP contribution in [0.15, 0.2) is 24.4 Å². The predicted molar refractivity (Wildman–Crippen MR) is 94.2 cm³/mol. The van der Waals surface area contributed by atoms with Gasteiger partial charge in [-0.05, 0) is 43.4 Å². The Morgan fingerprint density at radius 1 is 1.42 bits per heavy atom. The smallest absolute Gasteiger partial charge is 0.317 e. The highest BCUT2D eigenvalue weighted by Gasteiger charge is 2.39. The maximum Gasteiger partial charge on any atom is 0.317 e. The second kappa shape index (κ2) is 6.48. The van der Waals surface area contributed by atoms with E-state index in [0.29, 0.717) is 18.5 Å². The predicted octanol–water partition coefficient (Wildman–Crippen LogP) is 2.84. The molecule has 4 rings (SSSR count). The van der Waals surface area contributed by atoms with Crippen LogP contribution in [0.3, 0.4) is 0 Å². The number of urea groups is 1. The summed E-state index contributed by atoms with van der Waals surface area (Å²) >= 11 is 0. The highest BCUT2D eigenvalue weighted by atomic mass is 16.5. The van der Waals surface area contributed by atoms with E-state index < -0.39 is 0 Å². The summed E-state index contributed by atoms with van der Waals surface area (Å²) in [6, 6.07) is 6.75. The van der Waals surface area contributed by atoms with Crippen LogP contribution in [0.2, 0.25) is 0 Å². The number of aromatic amines is 1. The van der Waals surface area contributed by atoms with Gasteiger partial charge >= 0.3 is 6.03 Å². The lowest BCUT2D eigenvalue weighted by molar-refractivity contribution is 0.0677. The fourth-order valence-electron chi connectivity index (χ4n) is 4.06. The molecule has 2 N–H and O–H groups in total. The van der Waals surface area contributed by atoms with Crippen molar-refractivity contribution < 1.29 is 9.53 Å². The number of rotatable bonds is 4. The molecular formula is C19H25N3O2. The van der Waals surface area contributed by atoms with Crippen LogP contribution in [0.25, 0.3) is 10.9 Å². The van der Waals surface area contributed by atoms with Gasteiger partial charge in [0.15, 0.2) is 0 Å². The maximum absolute atomic E-state index is 12.4. The number of aryl methyl sites for hydroxylation is 1. The first kappa shape index (κ1) is 15.5. The molecule has 2 atom stereocenters. The quantitative estimate of drug-likeness (QED) is 0.907. The molecule has 0 spiro atoms. The van der Waals surface area contributed by atoms with Gasteiger partial charge in [-0.15, -0.1) is 0 Å². The molecule has 0 saturated carbocycles. The van der Waals surface area contributed by atoms with E-state index in [1.165, 1.54) is 22.0 Å². The Labute approximate surface area is 142 Å². The van der Waals surface area contributed by atoms with E-state index >= 15 is 0 Å². The summed E-state index contributed by atoms with van der Waals surface area (Å²) in [6.07, 6.45) is 5.11. The zero-order chi connectivity index (χ0) is 16.5. The Bertz CT molecular complexity index is 733. The van der Waals surface area contributed by atoms with Crippen molar-refractivity contribution in [1.82, 2.24) is 15.2 Å². The number of likely N-dealkylation sites (tertiary alicyclic amines) is 1. The average Bonchev–Trinajstić information content (AvgIpc) is 3.17. The highest BCUT2D eigenvalue weighted by molar-refractivity contribution is 5.86. The molecule has 2 unspecified atom stereocenters. The van der Waals surface area contributed by atoms with Crippen molar-refractivity contribution in [2.45, 2.75) is 32.2 Å². The monoisotopic (exact) mass is 327 g/mol. The molecule has 2 aliphatic heterocycles. The number of carbonyl (C=O) groups excluding carboxylic acids is 1. The molecule has 5 nitrogen and oxygen atoms in total. The van der Waals surface area contributed by atoms with Gasteiger partial charge < -0.3 is 19.9 Å². The summed E-state index contributed by atoms with van der Waals surface area (Å²) in [6.45, 7) is 5.33. The number of aromatic nitrogens is 1. The lowest BCUT2D eigenvalue weighted by Crippen LogP contribution is -2.58. The summed E-state index contributed by atoms with van der Waals surface area (Å²) in [5.74, 6) is 0.528. The molecule has 3 heterocycles. The van der Waals surface area contributed by atoms with Crippen molar-refractivity contribution >= 4 is 16.9 Å². The maximum atomic E-state index is 12.4. The number of fused-ring (bicyclic) bond motifs is 1. The number of benzene rings is 1. The largest absolute Gasteiger partial charge is 0.381 e. The van der Waals surface area contributed by atoms with Crippen LogP contribution in [-0.2, 0) is 11.2 Å². The minimum absolute atomic E-state index is 0.0784. The Morgan fingerprint density at radius 2 is 2.33 bits per heavy atom. The summed E-state index contributed by atoms with van der Waals surface area (Å²) < 4.78 is 5.46. The Balaban J connectivity index is 1.33. The van der Waals surface area contributed by atoms with Gasteiger partial charge in [-0.25, -0.2) is 4.79 Å². The topological polar surface area (TPSA) is 57.4 Å². The van der Waals surface area contributed by atoms with Crippen molar-refractivity contribution in [1.29, 1.82) is 0 Å². The zero-order valence-electron chi connectivity index (χ0n) is 14.2. The third-order valence-electron chi connectivity index (χ3n) is 5.50. The Morgan fingerprint density at radius 3 is 3.08 bits per heavy atom. The standard InChI is InChI=1S/C19H25N3O2/c1-13-3-2-4-16-18(13)14(11-21-16)5-8-20-19(23)22-9-6-17(22)15-7-10-24-12-15/h2-4,11,15,17,21H,5-10,12H2,1H3,(H,20,23). The van der Waals surface area contributed by atoms with E-state index in [1.54, 1.807) is 0 Å². The van der Waals surface area contributed by atoms with Crippen molar-refractivity contribution in [3.63, 3.8) is 0 Å². The van der Waals surface area contributed by atoms with Crippen molar-refractivity contribution in [2.24, 2.45) is 5.92 Å². The molecule has 2 aliphatic rings. The fourth-order valence-corrected chi connectivity index (χ4v) is 4.06. The van der Waals surface area contributed by atoms with Crippen molar-refractivity contribution in [3.8, 4) is 0 Å². The summed E-state index contributed by atoms with van der Waals surface area (Å²) in [7, 11) is 0. The second-order valence-corrected chi connectivity index (χ2v) is 6.97. The van der Waals surface area contributed by atoms with Crippen LogP contribution in [0.1, 0.15) is 24.0 Å². The van der Waals surface area contributed by atoms with E-state index in [-0.39, 0.29) is 6.03 Å². The first-order valence-electron chi connectivity index (χ1n) is 8.92. The molecule has 0 aliphatic carbocycles. The van der Waals surface area contributed by atoms with Crippen LogP contribution in [0, 0.1) is 12.8 Å². The van der Waals surface area contributed by atoms with Gasteiger partial charge in [0.1, 0.15) is 0 Å². The van der Waals surface area contributed by atoms with Gasteiger partial charge in [-0.2, -0.15) is 0 Å². The van der Waals surface area contributed by atoms with E-state index in [2.05, 4.69) is 41.6 Å². The van der Waals surface area contributed by atoms with E-state index in [1.807, 2.05) is 4.90 Å². The average molecular weight is 327 g/mol.